The maximum atomic E-state index is 12.3. The van der Waals surface area contributed by atoms with Crippen molar-refractivity contribution in [1.82, 2.24) is 5.32 Å². The van der Waals surface area contributed by atoms with Gasteiger partial charge < -0.3 is 9.47 Å². The van der Waals surface area contributed by atoms with E-state index < -0.39 is 24.5 Å². The third-order valence-electron chi connectivity index (χ3n) is 3.39. The summed E-state index contributed by atoms with van der Waals surface area (Å²) in [5, 5.41) is 3.20. The van der Waals surface area contributed by atoms with Crippen molar-refractivity contribution in [3.8, 4) is 0 Å². The molecule has 1 aromatic rings. The molecule has 21 heavy (non-hydrogen) atoms. The predicted molar refractivity (Wildman–Crippen MR) is 73.1 cm³/mol. The molecule has 0 spiro atoms. The molecule has 0 amide bonds. The zero-order valence-corrected chi connectivity index (χ0v) is 11.9. The molecular formula is C15H19F2NO3. The number of halogens is 2. The van der Waals surface area contributed by atoms with Crippen molar-refractivity contribution in [2.45, 2.75) is 30.8 Å². The molecule has 116 valence electrons. The number of rotatable bonds is 8. The van der Waals surface area contributed by atoms with E-state index in [2.05, 4.69) is 5.32 Å². The molecule has 1 N–H and O–H groups in total. The van der Waals surface area contributed by atoms with Crippen LogP contribution in [0.3, 0.4) is 0 Å². The molecule has 1 aliphatic carbocycles. The van der Waals surface area contributed by atoms with Crippen molar-refractivity contribution in [2.75, 3.05) is 20.3 Å². The number of hydrogen-bond acceptors (Lipinski definition) is 4. The van der Waals surface area contributed by atoms with Gasteiger partial charge in [-0.2, -0.15) is 0 Å². The molecule has 0 aromatic heterocycles. The second-order valence-corrected chi connectivity index (χ2v) is 5.09. The van der Waals surface area contributed by atoms with Crippen LogP contribution < -0.4 is 5.32 Å². The lowest BCUT2D eigenvalue weighted by Gasteiger charge is -2.32. The van der Waals surface area contributed by atoms with Crippen LogP contribution in [0.2, 0.25) is 0 Å². The Morgan fingerprint density at radius 1 is 1.38 bits per heavy atom. The molecule has 1 aliphatic rings. The van der Waals surface area contributed by atoms with Gasteiger partial charge in [0.05, 0.1) is 13.7 Å². The van der Waals surface area contributed by atoms with E-state index in [-0.39, 0.29) is 12.6 Å². The van der Waals surface area contributed by atoms with Gasteiger partial charge in [0.15, 0.2) is 5.54 Å². The first-order valence-electron chi connectivity index (χ1n) is 6.86. The molecule has 2 rings (SSSR count). The second kappa shape index (κ2) is 6.95. The molecule has 6 heteroatoms. The third-order valence-corrected chi connectivity index (χ3v) is 3.39. The Hall–Kier alpha value is -1.53. The number of carbonyl (C=O) groups is 1. The second-order valence-electron chi connectivity index (χ2n) is 5.09. The molecule has 1 aromatic carbocycles. The summed E-state index contributed by atoms with van der Waals surface area (Å²) in [5.41, 5.74) is -0.593. The number of alkyl halides is 2. The van der Waals surface area contributed by atoms with E-state index in [1.807, 2.05) is 6.07 Å². The average Bonchev–Trinajstić information content (AvgIpc) is 3.29. The topological polar surface area (TPSA) is 47.6 Å². The highest BCUT2D eigenvalue weighted by Crippen LogP contribution is 2.30. The SMILES string of the molecule is COC(=O)C(COCC(F)F)(NC1CC1)c1ccccc1. The minimum atomic E-state index is -2.57. The Bertz CT molecular complexity index is 465. The molecule has 0 heterocycles. The van der Waals surface area contributed by atoms with Crippen molar-refractivity contribution in [3.63, 3.8) is 0 Å². The van der Waals surface area contributed by atoms with E-state index in [1.165, 1.54) is 7.11 Å². The van der Waals surface area contributed by atoms with Crippen LogP contribution in [-0.4, -0.2) is 38.8 Å². The van der Waals surface area contributed by atoms with Crippen LogP contribution in [0.4, 0.5) is 8.78 Å². The van der Waals surface area contributed by atoms with E-state index >= 15 is 0 Å². The summed E-state index contributed by atoms with van der Waals surface area (Å²) in [5.74, 6) is -0.533. The van der Waals surface area contributed by atoms with Crippen LogP contribution in [0, 0.1) is 0 Å². The quantitative estimate of drug-likeness (QED) is 0.747. The molecular weight excluding hydrogens is 280 g/mol. The maximum Gasteiger partial charge on any atom is 0.333 e. The summed E-state index contributed by atoms with van der Waals surface area (Å²) in [6.07, 6.45) is -0.682. The zero-order chi connectivity index (χ0) is 15.3. The first-order valence-corrected chi connectivity index (χ1v) is 6.86. The van der Waals surface area contributed by atoms with Crippen LogP contribution in [-0.2, 0) is 19.8 Å². The first-order chi connectivity index (χ1) is 10.1. The largest absolute Gasteiger partial charge is 0.467 e. The number of nitrogens with one attached hydrogen (secondary N) is 1. The molecule has 0 saturated heterocycles. The number of methoxy groups -OCH3 is 1. The number of carbonyl (C=O) groups excluding carboxylic acids is 1. The summed E-state index contributed by atoms with van der Waals surface area (Å²) < 4.78 is 34.6. The lowest BCUT2D eigenvalue weighted by Crippen LogP contribution is -2.54. The summed E-state index contributed by atoms with van der Waals surface area (Å²) in [6.45, 7) is -0.900. The smallest absolute Gasteiger partial charge is 0.333 e. The van der Waals surface area contributed by atoms with Gasteiger partial charge in [-0.05, 0) is 18.4 Å². The molecule has 1 unspecified atom stereocenters. The van der Waals surface area contributed by atoms with Gasteiger partial charge in [0, 0.05) is 6.04 Å². The highest BCUT2D eigenvalue weighted by atomic mass is 19.3. The number of benzene rings is 1. The van der Waals surface area contributed by atoms with Crippen LogP contribution in [0.15, 0.2) is 30.3 Å². The van der Waals surface area contributed by atoms with Gasteiger partial charge in [-0.15, -0.1) is 0 Å². The molecule has 1 fully saturated rings. The summed E-state index contributed by atoms with van der Waals surface area (Å²) in [4.78, 5) is 12.3. The Morgan fingerprint density at radius 3 is 2.57 bits per heavy atom. The normalized spacial score (nSPS) is 17.5. The summed E-state index contributed by atoms with van der Waals surface area (Å²) in [6, 6.07) is 9.10. The lowest BCUT2D eigenvalue weighted by molar-refractivity contribution is -0.153. The van der Waals surface area contributed by atoms with Gasteiger partial charge >= 0.3 is 5.97 Å². The van der Waals surface area contributed by atoms with E-state index in [0.717, 1.165) is 12.8 Å². The highest BCUT2D eigenvalue weighted by molar-refractivity contribution is 5.83. The van der Waals surface area contributed by atoms with Crippen molar-refractivity contribution in [3.05, 3.63) is 35.9 Å². The Morgan fingerprint density at radius 2 is 2.05 bits per heavy atom. The van der Waals surface area contributed by atoms with Crippen LogP contribution in [0.5, 0.6) is 0 Å². The van der Waals surface area contributed by atoms with Crippen molar-refractivity contribution in [2.24, 2.45) is 0 Å². The van der Waals surface area contributed by atoms with E-state index in [4.69, 9.17) is 9.47 Å². The van der Waals surface area contributed by atoms with Gasteiger partial charge in [-0.3, -0.25) is 5.32 Å². The number of esters is 1. The van der Waals surface area contributed by atoms with Crippen molar-refractivity contribution < 1.29 is 23.0 Å². The van der Waals surface area contributed by atoms with Gasteiger partial charge in [-0.1, -0.05) is 30.3 Å². The molecule has 0 aliphatic heterocycles. The molecule has 0 radical (unpaired) electrons. The molecule has 0 bridgehead atoms. The van der Waals surface area contributed by atoms with Crippen LogP contribution >= 0.6 is 0 Å². The lowest BCUT2D eigenvalue weighted by atomic mass is 9.90. The Kier molecular flexibility index (Phi) is 5.25. The number of hydrogen-bond donors (Lipinski definition) is 1. The maximum absolute atomic E-state index is 12.3. The summed E-state index contributed by atoms with van der Waals surface area (Å²) in [7, 11) is 1.28. The Labute approximate surface area is 122 Å². The fraction of sp³-hybridized carbons (Fsp3) is 0.533. The molecule has 1 saturated carbocycles. The zero-order valence-electron chi connectivity index (χ0n) is 11.9. The minimum absolute atomic E-state index is 0.180. The van der Waals surface area contributed by atoms with E-state index in [0.29, 0.717) is 5.56 Å². The number of ether oxygens (including phenoxy) is 2. The van der Waals surface area contributed by atoms with Crippen molar-refractivity contribution in [1.29, 1.82) is 0 Å². The standard InChI is InChI=1S/C15H19F2NO3/c1-20-14(19)15(18-12-7-8-12,10-21-9-13(16)17)11-5-3-2-4-6-11/h2-6,12-13,18H,7-10H2,1H3. The Balaban J connectivity index is 2.26. The van der Waals surface area contributed by atoms with Crippen LogP contribution in [0.1, 0.15) is 18.4 Å². The van der Waals surface area contributed by atoms with Crippen LogP contribution in [0.25, 0.3) is 0 Å². The summed E-state index contributed by atoms with van der Waals surface area (Å²) >= 11 is 0. The van der Waals surface area contributed by atoms with Gasteiger partial charge in [0.1, 0.15) is 6.61 Å². The van der Waals surface area contributed by atoms with Gasteiger partial charge in [0.25, 0.3) is 6.43 Å². The minimum Gasteiger partial charge on any atom is -0.467 e. The predicted octanol–water partition coefficient (Wildman–Crippen LogP) is 2.09. The van der Waals surface area contributed by atoms with Gasteiger partial charge in [-0.25, -0.2) is 13.6 Å². The monoisotopic (exact) mass is 299 g/mol. The van der Waals surface area contributed by atoms with E-state index in [1.54, 1.807) is 24.3 Å². The van der Waals surface area contributed by atoms with E-state index in [9.17, 15) is 13.6 Å². The van der Waals surface area contributed by atoms with Crippen molar-refractivity contribution >= 4 is 5.97 Å². The fourth-order valence-corrected chi connectivity index (χ4v) is 2.22. The highest BCUT2D eigenvalue weighted by Gasteiger charge is 2.45. The molecule has 4 nitrogen and oxygen atoms in total. The fourth-order valence-electron chi connectivity index (χ4n) is 2.22. The third kappa shape index (κ3) is 3.98. The van der Waals surface area contributed by atoms with Gasteiger partial charge in [0.2, 0.25) is 0 Å². The first kappa shape index (κ1) is 15.9. The average molecular weight is 299 g/mol. The molecule has 1 atom stereocenters.